The number of hydrogen-bond donors (Lipinski definition) is 1. The van der Waals surface area contributed by atoms with E-state index in [-0.39, 0.29) is 5.91 Å². The van der Waals surface area contributed by atoms with E-state index in [1.807, 2.05) is 21.8 Å². The monoisotopic (exact) mass is 315 g/mol. The van der Waals surface area contributed by atoms with E-state index in [9.17, 15) is 4.79 Å². The predicted octanol–water partition coefficient (Wildman–Crippen LogP) is 1.64. The zero-order chi connectivity index (χ0) is 13.0. The van der Waals surface area contributed by atoms with Gasteiger partial charge in [0.1, 0.15) is 5.69 Å². The first-order valence-electron chi connectivity index (χ1n) is 6.20. The summed E-state index contributed by atoms with van der Waals surface area (Å²) in [5.74, 6) is -0.0592. The Morgan fingerprint density at radius 1 is 1.50 bits per heavy atom. The van der Waals surface area contributed by atoms with E-state index in [0.29, 0.717) is 18.9 Å². The van der Waals surface area contributed by atoms with Gasteiger partial charge in [0.2, 0.25) is 0 Å². The van der Waals surface area contributed by atoms with Gasteiger partial charge in [-0.2, -0.15) is 0 Å². The molecular formula is C12H18BrN3O2. The lowest BCUT2D eigenvalue weighted by Crippen LogP contribution is -2.48. The van der Waals surface area contributed by atoms with Gasteiger partial charge in [0.05, 0.1) is 13.2 Å². The Kier molecular flexibility index (Phi) is 4.79. The number of amides is 1. The zero-order valence-corrected chi connectivity index (χ0v) is 12.1. The fourth-order valence-electron chi connectivity index (χ4n) is 1.97. The summed E-state index contributed by atoms with van der Waals surface area (Å²) < 4.78 is 8.15. The van der Waals surface area contributed by atoms with Crippen molar-refractivity contribution in [2.45, 2.75) is 19.9 Å². The van der Waals surface area contributed by atoms with Gasteiger partial charge in [-0.15, -0.1) is 0 Å². The van der Waals surface area contributed by atoms with Crippen molar-refractivity contribution in [1.82, 2.24) is 15.0 Å². The Bertz CT molecular complexity index is 413. The molecule has 1 aromatic heterocycles. The van der Waals surface area contributed by atoms with E-state index in [1.165, 1.54) is 0 Å². The van der Waals surface area contributed by atoms with Gasteiger partial charge in [0.15, 0.2) is 0 Å². The van der Waals surface area contributed by atoms with Crippen molar-refractivity contribution in [2.75, 3.05) is 26.3 Å². The van der Waals surface area contributed by atoms with E-state index >= 15 is 0 Å². The van der Waals surface area contributed by atoms with E-state index in [4.69, 9.17) is 4.74 Å². The van der Waals surface area contributed by atoms with Crippen LogP contribution in [0.3, 0.4) is 0 Å². The number of rotatable bonds is 4. The maximum Gasteiger partial charge on any atom is 0.282 e. The number of aryl methyl sites for hydroxylation is 1. The molecule has 2 heterocycles. The van der Waals surface area contributed by atoms with Crippen molar-refractivity contribution in [2.24, 2.45) is 0 Å². The quantitative estimate of drug-likeness (QED) is 0.918. The fourth-order valence-corrected chi connectivity index (χ4v) is 2.43. The lowest BCUT2D eigenvalue weighted by molar-refractivity contribution is 0.0123. The number of morpholine rings is 1. The summed E-state index contributed by atoms with van der Waals surface area (Å²) >= 11 is 3.41. The van der Waals surface area contributed by atoms with Gasteiger partial charge in [-0.3, -0.25) is 10.2 Å². The summed E-state index contributed by atoms with van der Waals surface area (Å²) in [7, 11) is 0. The summed E-state index contributed by atoms with van der Waals surface area (Å²) in [4.78, 5) is 12.2. The number of ether oxygens (including phenoxy) is 1. The zero-order valence-electron chi connectivity index (χ0n) is 10.5. The summed E-state index contributed by atoms with van der Waals surface area (Å²) in [5.41, 5.74) is 3.61. The van der Waals surface area contributed by atoms with Crippen molar-refractivity contribution in [3.63, 3.8) is 0 Å². The van der Waals surface area contributed by atoms with Crippen molar-refractivity contribution >= 4 is 21.8 Å². The maximum absolute atomic E-state index is 12.2. The van der Waals surface area contributed by atoms with Crippen molar-refractivity contribution in [1.29, 1.82) is 0 Å². The van der Waals surface area contributed by atoms with Gasteiger partial charge in [-0.25, -0.2) is 5.01 Å². The van der Waals surface area contributed by atoms with Gasteiger partial charge in [0.25, 0.3) is 5.91 Å². The van der Waals surface area contributed by atoms with Crippen LogP contribution in [0.4, 0.5) is 0 Å². The first kappa shape index (κ1) is 13.6. The van der Waals surface area contributed by atoms with Crippen LogP contribution in [0.5, 0.6) is 0 Å². The minimum Gasteiger partial charge on any atom is -0.379 e. The van der Waals surface area contributed by atoms with Crippen LogP contribution < -0.4 is 5.43 Å². The molecule has 0 aromatic carbocycles. The van der Waals surface area contributed by atoms with Crippen LogP contribution in [-0.4, -0.2) is 41.8 Å². The number of carbonyl (C=O) groups excluding carboxylic acids is 1. The summed E-state index contributed by atoms with van der Waals surface area (Å²) in [6.07, 6.45) is 2.94. The predicted molar refractivity (Wildman–Crippen MR) is 72.3 cm³/mol. The van der Waals surface area contributed by atoms with Crippen LogP contribution in [-0.2, 0) is 11.3 Å². The summed E-state index contributed by atoms with van der Waals surface area (Å²) in [6.45, 7) is 5.75. The number of carbonyl (C=O) groups is 1. The third kappa shape index (κ3) is 3.34. The van der Waals surface area contributed by atoms with Crippen molar-refractivity contribution in [3.8, 4) is 0 Å². The Hall–Kier alpha value is -0.850. The Morgan fingerprint density at radius 2 is 2.22 bits per heavy atom. The molecular weight excluding hydrogens is 298 g/mol. The molecule has 2 rings (SSSR count). The van der Waals surface area contributed by atoms with E-state index in [0.717, 1.165) is 30.5 Å². The highest BCUT2D eigenvalue weighted by Gasteiger charge is 2.17. The molecule has 1 aliphatic heterocycles. The number of hydrazine groups is 1. The molecule has 1 amide bonds. The Labute approximate surface area is 115 Å². The molecule has 1 N–H and O–H groups in total. The van der Waals surface area contributed by atoms with Gasteiger partial charge < -0.3 is 9.30 Å². The molecule has 0 unspecified atom stereocenters. The Balaban J connectivity index is 2.03. The maximum atomic E-state index is 12.2. The van der Waals surface area contributed by atoms with Crippen molar-refractivity contribution < 1.29 is 9.53 Å². The molecule has 0 aliphatic carbocycles. The van der Waals surface area contributed by atoms with Gasteiger partial charge in [0, 0.05) is 30.3 Å². The SMILES string of the molecule is CCCn1cc(Br)cc1C(=O)NN1CCOCC1. The molecule has 0 bridgehead atoms. The molecule has 0 saturated carbocycles. The number of hydrogen-bond acceptors (Lipinski definition) is 3. The second-order valence-electron chi connectivity index (χ2n) is 4.28. The first-order chi connectivity index (χ1) is 8.70. The molecule has 1 saturated heterocycles. The molecule has 5 nitrogen and oxygen atoms in total. The highest BCUT2D eigenvalue weighted by Crippen LogP contribution is 2.15. The minimum absolute atomic E-state index is 0.0592. The fraction of sp³-hybridized carbons (Fsp3) is 0.583. The molecule has 1 aromatic rings. The number of nitrogens with zero attached hydrogens (tertiary/aromatic N) is 2. The lowest BCUT2D eigenvalue weighted by Gasteiger charge is -2.27. The summed E-state index contributed by atoms with van der Waals surface area (Å²) in [5, 5.41) is 1.91. The number of aromatic nitrogens is 1. The molecule has 0 spiro atoms. The average Bonchev–Trinajstić information content (AvgIpc) is 2.72. The molecule has 1 fully saturated rings. The molecule has 18 heavy (non-hydrogen) atoms. The summed E-state index contributed by atoms with van der Waals surface area (Å²) in [6, 6.07) is 1.85. The van der Waals surface area contributed by atoms with Crippen LogP contribution in [0.1, 0.15) is 23.8 Å². The lowest BCUT2D eigenvalue weighted by atomic mass is 10.4. The molecule has 100 valence electrons. The second kappa shape index (κ2) is 6.36. The van der Waals surface area contributed by atoms with Crippen LogP contribution in [0.15, 0.2) is 16.7 Å². The second-order valence-corrected chi connectivity index (χ2v) is 5.19. The minimum atomic E-state index is -0.0592. The largest absolute Gasteiger partial charge is 0.379 e. The van der Waals surface area contributed by atoms with Crippen LogP contribution in [0.25, 0.3) is 0 Å². The third-order valence-electron chi connectivity index (χ3n) is 2.83. The highest BCUT2D eigenvalue weighted by molar-refractivity contribution is 9.10. The standard InChI is InChI=1S/C12H18BrN3O2/c1-2-3-15-9-10(13)8-11(15)12(17)14-16-4-6-18-7-5-16/h8-9H,2-7H2,1H3,(H,14,17). The molecule has 6 heteroatoms. The van der Waals surface area contributed by atoms with Gasteiger partial charge in [-0.05, 0) is 28.4 Å². The number of halogens is 1. The third-order valence-corrected chi connectivity index (χ3v) is 3.26. The van der Waals surface area contributed by atoms with Crippen LogP contribution in [0.2, 0.25) is 0 Å². The van der Waals surface area contributed by atoms with Crippen molar-refractivity contribution in [3.05, 3.63) is 22.4 Å². The van der Waals surface area contributed by atoms with E-state index in [2.05, 4.69) is 28.3 Å². The topological polar surface area (TPSA) is 46.5 Å². The van der Waals surface area contributed by atoms with Crippen LogP contribution in [0, 0.1) is 0 Å². The molecule has 0 atom stereocenters. The number of nitrogens with one attached hydrogen (secondary N) is 1. The van der Waals surface area contributed by atoms with Crippen LogP contribution >= 0.6 is 15.9 Å². The molecule has 1 aliphatic rings. The first-order valence-corrected chi connectivity index (χ1v) is 6.99. The average molecular weight is 316 g/mol. The highest BCUT2D eigenvalue weighted by atomic mass is 79.9. The van der Waals surface area contributed by atoms with E-state index in [1.54, 1.807) is 0 Å². The van der Waals surface area contributed by atoms with Gasteiger partial charge >= 0.3 is 0 Å². The smallest absolute Gasteiger partial charge is 0.282 e. The Morgan fingerprint density at radius 3 is 2.89 bits per heavy atom. The van der Waals surface area contributed by atoms with Gasteiger partial charge in [-0.1, -0.05) is 6.92 Å². The normalized spacial score (nSPS) is 16.8. The van der Waals surface area contributed by atoms with E-state index < -0.39 is 0 Å². The molecule has 0 radical (unpaired) electrons.